The molecule has 242 valence electrons. The lowest BCUT2D eigenvalue weighted by Gasteiger charge is -2.33. The van der Waals surface area contributed by atoms with E-state index in [0.717, 1.165) is 77.4 Å². The van der Waals surface area contributed by atoms with E-state index in [1.54, 1.807) is 6.33 Å². The molecule has 10 heteroatoms. The number of hydrogen-bond donors (Lipinski definition) is 2. The van der Waals surface area contributed by atoms with E-state index in [0.29, 0.717) is 18.2 Å². The molecule has 47 heavy (non-hydrogen) atoms. The summed E-state index contributed by atoms with van der Waals surface area (Å²) < 4.78 is 22.7. The summed E-state index contributed by atoms with van der Waals surface area (Å²) in [7, 11) is 1.95. The molecule has 2 bridgehead atoms. The van der Waals surface area contributed by atoms with Gasteiger partial charge in [-0.05, 0) is 92.0 Å². The number of fused-ring (bicyclic) bond motifs is 3. The minimum atomic E-state index is -1.89. The van der Waals surface area contributed by atoms with E-state index in [2.05, 4.69) is 49.8 Å². The number of halogens is 1. The Hall–Kier alpha value is -4.57. The van der Waals surface area contributed by atoms with Crippen LogP contribution in [0.1, 0.15) is 54.8 Å². The van der Waals surface area contributed by atoms with Gasteiger partial charge in [0.05, 0.1) is 36.5 Å². The standard InChI is InChI=1S/C37H39FN6O3/c1-22-34(43(2)21-40-22)24-8-10-27(11-9-24)41-35(45)33(42-36(46)37(38)13-14-37)30-5-3-4-23-6-7-25(16-31(23)30)26-12-15-39-32(17-26)44-19-29-18-28(44)20-47-29/h6-12,15-17,21,28-30,33H,3-5,13-14,18-20H2,1-2H3,(H,41,45)(H,42,46)/t28-,29-,30-,33?/m1/s1. The highest BCUT2D eigenvalue weighted by molar-refractivity contribution is 6.00. The molecule has 1 unspecified atom stereocenters. The fourth-order valence-corrected chi connectivity index (χ4v) is 7.64. The normalized spacial score (nSPS) is 22.9. The number of hydrogen-bond acceptors (Lipinski definition) is 6. The van der Waals surface area contributed by atoms with Crippen LogP contribution >= 0.6 is 0 Å². The van der Waals surface area contributed by atoms with Gasteiger partial charge < -0.3 is 24.8 Å². The predicted molar refractivity (Wildman–Crippen MR) is 178 cm³/mol. The number of rotatable bonds is 8. The summed E-state index contributed by atoms with van der Waals surface area (Å²) in [5.74, 6) is -0.424. The first-order chi connectivity index (χ1) is 22.8. The molecule has 2 aliphatic heterocycles. The predicted octanol–water partition coefficient (Wildman–Crippen LogP) is 5.48. The molecule has 2 N–H and O–H groups in total. The number of nitrogens with zero attached hydrogens (tertiary/aromatic N) is 4. The van der Waals surface area contributed by atoms with Crippen LogP contribution in [0.3, 0.4) is 0 Å². The molecule has 4 aliphatic rings. The Labute approximate surface area is 273 Å². The van der Waals surface area contributed by atoms with E-state index in [-0.39, 0.29) is 30.8 Å². The number of ether oxygens (including phenoxy) is 1. The van der Waals surface area contributed by atoms with Crippen LogP contribution in [0.25, 0.3) is 22.4 Å². The molecule has 2 aromatic carbocycles. The number of pyridine rings is 1. The van der Waals surface area contributed by atoms with Crippen LogP contribution in [0.15, 0.2) is 67.1 Å². The summed E-state index contributed by atoms with van der Waals surface area (Å²) in [5, 5.41) is 5.88. The number of aryl methyl sites for hydroxylation is 3. The summed E-state index contributed by atoms with van der Waals surface area (Å²) in [5.41, 5.74) is 5.85. The second-order valence-corrected chi connectivity index (χ2v) is 13.6. The Bertz CT molecular complexity index is 1830. The fraction of sp³-hybridized carbons (Fsp3) is 0.405. The Morgan fingerprint density at radius 3 is 2.53 bits per heavy atom. The Morgan fingerprint density at radius 1 is 1.04 bits per heavy atom. The number of anilines is 2. The van der Waals surface area contributed by atoms with Crippen molar-refractivity contribution in [3.05, 3.63) is 83.9 Å². The van der Waals surface area contributed by atoms with Crippen molar-refractivity contribution in [3.8, 4) is 22.4 Å². The molecule has 2 aliphatic carbocycles. The Kier molecular flexibility index (Phi) is 7.35. The van der Waals surface area contributed by atoms with E-state index in [1.165, 1.54) is 0 Å². The summed E-state index contributed by atoms with van der Waals surface area (Å²) in [6.07, 6.45) is 7.76. The van der Waals surface area contributed by atoms with Crippen molar-refractivity contribution < 1.29 is 18.7 Å². The molecule has 4 heterocycles. The number of benzene rings is 2. The molecule has 1 saturated carbocycles. The van der Waals surface area contributed by atoms with E-state index in [1.807, 2.05) is 55.1 Å². The van der Waals surface area contributed by atoms with Gasteiger partial charge in [0.15, 0.2) is 5.67 Å². The molecule has 0 spiro atoms. The summed E-state index contributed by atoms with van der Waals surface area (Å²) in [4.78, 5) is 38.5. The summed E-state index contributed by atoms with van der Waals surface area (Å²) in [6.45, 7) is 3.55. The van der Waals surface area contributed by atoms with Crippen LogP contribution < -0.4 is 15.5 Å². The minimum Gasteiger partial charge on any atom is -0.374 e. The van der Waals surface area contributed by atoms with Gasteiger partial charge in [-0.1, -0.05) is 30.3 Å². The van der Waals surface area contributed by atoms with Gasteiger partial charge in [-0.15, -0.1) is 0 Å². The van der Waals surface area contributed by atoms with Crippen molar-refractivity contribution in [2.75, 3.05) is 23.4 Å². The number of amides is 2. The van der Waals surface area contributed by atoms with E-state index in [4.69, 9.17) is 4.74 Å². The number of morpholine rings is 1. The van der Waals surface area contributed by atoms with Gasteiger partial charge in [0.1, 0.15) is 11.9 Å². The average Bonchev–Trinajstić information content (AvgIpc) is 3.37. The Morgan fingerprint density at radius 2 is 1.83 bits per heavy atom. The average molecular weight is 635 g/mol. The number of carbonyl (C=O) groups is 2. The number of imidazole rings is 1. The maximum Gasteiger partial charge on any atom is 0.258 e. The van der Waals surface area contributed by atoms with Crippen LogP contribution in [0.4, 0.5) is 15.9 Å². The first-order valence-corrected chi connectivity index (χ1v) is 16.6. The minimum absolute atomic E-state index is 0.183. The van der Waals surface area contributed by atoms with Crippen LogP contribution in [-0.4, -0.2) is 63.4 Å². The monoisotopic (exact) mass is 634 g/mol. The topological polar surface area (TPSA) is 101 Å². The van der Waals surface area contributed by atoms with Crippen LogP contribution in [-0.2, 0) is 27.8 Å². The van der Waals surface area contributed by atoms with Crippen LogP contribution in [0.5, 0.6) is 0 Å². The third kappa shape index (κ3) is 5.58. The first kappa shape index (κ1) is 29.8. The van der Waals surface area contributed by atoms with Crippen molar-refractivity contribution in [2.24, 2.45) is 7.05 Å². The lowest BCUT2D eigenvalue weighted by Crippen LogP contribution is -2.51. The van der Waals surface area contributed by atoms with E-state index >= 15 is 0 Å². The summed E-state index contributed by atoms with van der Waals surface area (Å²) in [6, 6.07) is 17.6. The zero-order valence-electron chi connectivity index (χ0n) is 26.7. The van der Waals surface area contributed by atoms with Gasteiger partial charge in [0.2, 0.25) is 5.91 Å². The van der Waals surface area contributed by atoms with Gasteiger partial charge >= 0.3 is 0 Å². The highest BCUT2D eigenvalue weighted by atomic mass is 19.1. The molecular weight excluding hydrogens is 595 g/mol. The van der Waals surface area contributed by atoms with Crippen molar-refractivity contribution in [1.29, 1.82) is 0 Å². The number of aromatic nitrogens is 3. The largest absolute Gasteiger partial charge is 0.374 e. The number of nitrogens with one attached hydrogen (secondary N) is 2. The maximum absolute atomic E-state index is 15.0. The van der Waals surface area contributed by atoms with Gasteiger partial charge in [-0.3, -0.25) is 9.59 Å². The van der Waals surface area contributed by atoms with Crippen molar-refractivity contribution >= 4 is 23.3 Å². The van der Waals surface area contributed by atoms with Crippen molar-refractivity contribution in [1.82, 2.24) is 19.9 Å². The molecule has 2 saturated heterocycles. The zero-order chi connectivity index (χ0) is 32.3. The molecule has 2 aromatic heterocycles. The van der Waals surface area contributed by atoms with Gasteiger partial charge in [-0.25, -0.2) is 14.4 Å². The third-order valence-electron chi connectivity index (χ3n) is 10.4. The van der Waals surface area contributed by atoms with Gasteiger partial charge in [0, 0.05) is 37.0 Å². The number of alkyl halides is 1. The van der Waals surface area contributed by atoms with Gasteiger partial charge in [-0.2, -0.15) is 0 Å². The lowest BCUT2D eigenvalue weighted by atomic mass is 9.77. The van der Waals surface area contributed by atoms with Crippen LogP contribution in [0, 0.1) is 6.92 Å². The van der Waals surface area contributed by atoms with Crippen molar-refractivity contribution in [2.45, 2.75) is 75.2 Å². The summed E-state index contributed by atoms with van der Waals surface area (Å²) >= 11 is 0. The molecular formula is C37H39FN6O3. The maximum atomic E-state index is 15.0. The SMILES string of the molecule is Cc1ncn(C)c1-c1ccc(NC(=O)C(NC(=O)C2(F)CC2)[C@@H]2CCCc3ccc(-c4ccnc(N5C[C@H]6C[C@@H]5CO6)c4)cc32)cc1. The molecule has 2 amide bonds. The molecule has 8 rings (SSSR count). The molecule has 4 aromatic rings. The van der Waals surface area contributed by atoms with Gasteiger partial charge in [0.25, 0.3) is 5.91 Å². The molecule has 0 radical (unpaired) electrons. The second kappa shape index (κ2) is 11.6. The highest BCUT2D eigenvalue weighted by Crippen LogP contribution is 2.42. The fourth-order valence-electron chi connectivity index (χ4n) is 7.64. The second-order valence-electron chi connectivity index (χ2n) is 13.6. The smallest absolute Gasteiger partial charge is 0.258 e. The van der Waals surface area contributed by atoms with Crippen LogP contribution in [0.2, 0.25) is 0 Å². The van der Waals surface area contributed by atoms with E-state index in [9.17, 15) is 14.0 Å². The Balaban J connectivity index is 1.08. The molecule has 9 nitrogen and oxygen atoms in total. The first-order valence-electron chi connectivity index (χ1n) is 16.6. The third-order valence-corrected chi connectivity index (χ3v) is 10.4. The zero-order valence-corrected chi connectivity index (χ0v) is 26.7. The molecule has 4 atom stereocenters. The quantitative estimate of drug-likeness (QED) is 0.266. The lowest BCUT2D eigenvalue weighted by molar-refractivity contribution is -0.131. The molecule has 3 fully saturated rings. The number of carbonyl (C=O) groups excluding carboxylic acids is 2. The highest BCUT2D eigenvalue weighted by Gasteiger charge is 2.52. The van der Waals surface area contributed by atoms with Crippen molar-refractivity contribution in [3.63, 3.8) is 0 Å². The van der Waals surface area contributed by atoms with E-state index < -0.39 is 17.6 Å².